The van der Waals surface area contributed by atoms with Crippen LogP contribution in [-0.2, 0) is 11.2 Å². The first-order valence-electron chi connectivity index (χ1n) is 2.51. The molecule has 0 saturated carbocycles. The van der Waals surface area contributed by atoms with Crippen molar-refractivity contribution >= 4 is 18.6 Å². The molecule has 0 fully saturated rings. The lowest BCUT2D eigenvalue weighted by molar-refractivity contribution is -0.136. The highest BCUT2D eigenvalue weighted by Crippen LogP contribution is 2.05. The molecule has 0 amide bonds. The number of H-pyrrole nitrogens is 1. The first-order chi connectivity index (χ1) is 4.70. The maximum absolute atomic E-state index is 10.1. The fourth-order valence-electron chi connectivity index (χ4n) is 0.507. The van der Waals surface area contributed by atoms with Crippen molar-refractivity contribution in [2.45, 2.75) is 11.4 Å². The number of carbonyl (C=O) groups is 1. The van der Waals surface area contributed by atoms with E-state index in [1.54, 1.807) is 0 Å². The lowest BCUT2D eigenvalue weighted by Gasteiger charge is -1.87. The minimum atomic E-state index is -0.941. The number of thiol groups is 1. The zero-order valence-corrected chi connectivity index (χ0v) is 5.80. The molecule has 0 saturated heterocycles. The van der Waals surface area contributed by atoms with E-state index >= 15 is 0 Å². The highest BCUT2D eigenvalue weighted by Gasteiger charge is 2.06. The SMILES string of the molecule is O=C(O)Cc1nn[nH]c1S. The molecule has 0 bridgehead atoms. The van der Waals surface area contributed by atoms with E-state index in [0.29, 0.717) is 10.7 Å². The Balaban J connectivity index is 2.74. The lowest BCUT2D eigenvalue weighted by Crippen LogP contribution is -2.00. The van der Waals surface area contributed by atoms with Crippen molar-refractivity contribution in [3.63, 3.8) is 0 Å². The van der Waals surface area contributed by atoms with E-state index in [1.165, 1.54) is 0 Å². The molecule has 0 aromatic carbocycles. The number of nitrogens with zero attached hydrogens (tertiary/aromatic N) is 2. The summed E-state index contributed by atoms with van der Waals surface area (Å²) in [7, 11) is 0. The molecular formula is C4H5N3O2S. The Kier molecular flexibility index (Phi) is 1.91. The molecule has 0 radical (unpaired) electrons. The third-order valence-corrected chi connectivity index (χ3v) is 1.28. The predicted molar refractivity (Wildman–Crippen MR) is 35.0 cm³/mol. The molecule has 0 unspecified atom stereocenters. The third-order valence-electron chi connectivity index (χ3n) is 0.919. The van der Waals surface area contributed by atoms with Crippen molar-refractivity contribution in [1.29, 1.82) is 0 Å². The standard InChI is InChI=1S/C4H5N3O2S/c8-3(9)1-2-4(10)6-7-5-2/h1H2,(H,8,9)(H2,5,6,7,10). The molecule has 0 aliphatic carbocycles. The van der Waals surface area contributed by atoms with Crippen LogP contribution in [0.5, 0.6) is 0 Å². The van der Waals surface area contributed by atoms with Crippen LogP contribution in [0.15, 0.2) is 5.03 Å². The first-order valence-corrected chi connectivity index (χ1v) is 2.95. The van der Waals surface area contributed by atoms with Crippen LogP contribution in [0.3, 0.4) is 0 Å². The van der Waals surface area contributed by atoms with Gasteiger partial charge in [0.2, 0.25) is 0 Å². The van der Waals surface area contributed by atoms with Crippen LogP contribution in [0.4, 0.5) is 0 Å². The summed E-state index contributed by atoms with van der Waals surface area (Å²) in [6.45, 7) is 0. The highest BCUT2D eigenvalue weighted by atomic mass is 32.1. The van der Waals surface area contributed by atoms with Crippen molar-refractivity contribution in [2.75, 3.05) is 0 Å². The van der Waals surface area contributed by atoms with Crippen LogP contribution >= 0.6 is 12.6 Å². The Labute approximate surface area is 61.9 Å². The molecule has 1 aromatic rings. The highest BCUT2D eigenvalue weighted by molar-refractivity contribution is 7.80. The van der Waals surface area contributed by atoms with E-state index in [4.69, 9.17) is 5.11 Å². The van der Waals surface area contributed by atoms with Crippen LogP contribution in [0.2, 0.25) is 0 Å². The molecule has 1 rings (SSSR count). The van der Waals surface area contributed by atoms with E-state index < -0.39 is 5.97 Å². The Morgan fingerprint density at radius 2 is 2.50 bits per heavy atom. The van der Waals surface area contributed by atoms with E-state index in [9.17, 15) is 4.79 Å². The Bertz CT molecular complexity index is 246. The summed E-state index contributed by atoms with van der Waals surface area (Å²) in [5.74, 6) is -0.941. The summed E-state index contributed by atoms with van der Waals surface area (Å²) in [5, 5.41) is 18.0. The minimum absolute atomic E-state index is 0.144. The molecule has 10 heavy (non-hydrogen) atoms. The lowest BCUT2D eigenvalue weighted by atomic mass is 10.3. The van der Waals surface area contributed by atoms with Crippen molar-refractivity contribution in [1.82, 2.24) is 15.4 Å². The largest absolute Gasteiger partial charge is 0.481 e. The zero-order chi connectivity index (χ0) is 7.56. The Morgan fingerprint density at radius 3 is 2.90 bits per heavy atom. The van der Waals surface area contributed by atoms with E-state index in [1.807, 2.05) is 0 Å². The summed E-state index contributed by atoms with van der Waals surface area (Å²) >= 11 is 3.88. The number of carboxylic acids is 1. The second kappa shape index (κ2) is 2.70. The maximum Gasteiger partial charge on any atom is 0.309 e. The van der Waals surface area contributed by atoms with E-state index in [0.717, 1.165) is 0 Å². The number of carboxylic acid groups (broad SMARTS) is 1. The monoisotopic (exact) mass is 159 g/mol. The molecular weight excluding hydrogens is 154 g/mol. The van der Waals surface area contributed by atoms with Gasteiger partial charge in [-0.25, -0.2) is 0 Å². The van der Waals surface area contributed by atoms with Gasteiger partial charge in [0.05, 0.1) is 6.42 Å². The van der Waals surface area contributed by atoms with Gasteiger partial charge in [0.1, 0.15) is 10.7 Å². The van der Waals surface area contributed by atoms with Gasteiger partial charge in [0.25, 0.3) is 0 Å². The topological polar surface area (TPSA) is 78.9 Å². The summed E-state index contributed by atoms with van der Waals surface area (Å²) < 4.78 is 0. The number of aliphatic carboxylic acids is 1. The van der Waals surface area contributed by atoms with Gasteiger partial charge in [-0.3, -0.25) is 9.89 Å². The third kappa shape index (κ3) is 1.47. The summed E-state index contributed by atoms with van der Waals surface area (Å²) in [4.78, 5) is 10.1. The number of aromatic amines is 1. The molecule has 5 nitrogen and oxygen atoms in total. The number of aromatic nitrogens is 3. The fraction of sp³-hybridized carbons (Fsp3) is 0.250. The van der Waals surface area contributed by atoms with Crippen molar-refractivity contribution in [3.05, 3.63) is 5.69 Å². The smallest absolute Gasteiger partial charge is 0.309 e. The first kappa shape index (κ1) is 7.07. The zero-order valence-electron chi connectivity index (χ0n) is 4.90. The van der Waals surface area contributed by atoms with Crippen LogP contribution in [-0.4, -0.2) is 26.5 Å². The Hall–Kier alpha value is -1.04. The van der Waals surface area contributed by atoms with Crippen molar-refractivity contribution < 1.29 is 9.90 Å². The maximum atomic E-state index is 10.1. The fourth-order valence-corrected chi connectivity index (χ4v) is 0.675. The number of hydrogen-bond donors (Lipinski definition) is 3. The van der Waals surface area contributed by atoms with Crippen molar-refractivity contribution in [2.24, 2.45) is 0 Å². The van der Waals surface area contributed by atoms with Crippen molar-refractivity contribution in [3.8, 4) is 0 Å². The van der Waals surface area contributed by atoms with Gasteiger partial charge in [-0.1, -0.05) is 5.21 Å². The molecule has 0 aliphatic heterocycles. The molecule has 0 aliphatic rings. The molecule has 54 valence electrons. The summed E-state index contributed by atoms with van der Waals surface area (Å²) in [6.07, 6.45) is -0.144. The van der Waals surface area contributed by atoms with Gasteiger partial charge in [0, 0.05) is 0 Å². The van der Waals surface area contributed by atoms with Crippen LogP contribution in [0, 0.1) is 0 Å². The van der Waals surface area contributed by atoms with Gasteiger partial charge in [-0.05, 0) is 0 Å². The normalized spacial score (nSPS) is 9.70. The van der Waals surface area contributed by atoms with Gasteiger partial charge < -0.3 is 5.11 Å². The molecule has 1 heterocycles. The minimum Gasteiger partial charge on any atom is -0.481 e. The van der Waals surface area contributed by atoms with Crippen LogP contribution < -0.4 is 0 Å². The number of nitrogens with one attached hydrogen (secondary N) is 1. The van der Waals surface area contributed by atoms with Gasteiger partial charge in [-0.2, -0.15) is 0 Å². The number of hydrogen-bond acceptors (Lipinski definition) is 4. The summed E-state index contributed by atoms with van der Waals surface area (Å²) in [5.41, 5.74) is 0.357. The van der Waals surface area contributed by atoms with Crippen LogP contribution in [0.25, 0.3) is 0 Å². The molecule has 1 aromatic heterocycles. The van der Waals surface area contributed by atoms with E-state index in [-0.39, 0.29) is 6.42 Å². The average molecular weight is 159 g/mol. The second-order valence-electron chi connectivity index (χ2n) is 1.68. The van der Waals surface area contributed by atoms with Gasteiger partial charge in [-0.15, -0.1) is 17.7 Å². The molecule has 0 atom stereocenters. The molecule has 0 spiro atoms. The Morgan fingerprint density at radius 1 is 1.80 bits per heavy atom. The number of rotatable bonds is 2. The van der Waals surface area contributed by atoms with Gasteiger partial charge >= 0.3 is 5.97 Å². The average Bonchev–Trinajstić information content (AvgIpc) is 2.15. The second-order valence-corrected chi connectivity index (χ2v) is 2.12. The quantitative estimate of drug-likeness (QED) is 0.518. The molecule has 6 heteroatoms. The van der Waals surface area contributed by atoms with E-state index in [2.05, 4.69) is 28.0 Å². The van der Waals surface area contributed by atoms with Gasteiger partial charge in [0.15, 0.2) is 0 Å². The summed E-state index contributed by atoms with van der Waals surface area (Å²) in [6, 6.07) is 0. The molecule has 2 N–H and O–H groups in total. The van der Waals surface area contributed by atoms with Crippen LogP contribution in [0.1, 0.15) is 5.69 Å². The predicted octanol–water partition coefficient (Wildman–Crippen LogP) is -0.280.